The lowest BCUT2D eigenvalue weighted by Crippen LogP contribution is -2.47. The first-order chi connectivity index (χ1) is 7.42. The van der Waals surface area contributed by atoms with Crippen LogP contribution in [0, 0.1) is 5.92 Å². The van der Waals surface area contributed by atoms with Crippen molar-refractivity contribution in [2.75, 3.05) is 33.2 Å². The summed E-state index contributed by atoms with van der Waals surface area (Å²) >= 11 is 0. The highest BCUT2D eigenvalue weighted by atomic mass is 16.4. The number of likely N-dealkylation sites (N-methyl/N-ethyl adjacent to an activating group) is 1. The van der Waals surface area contributed by atoms with Gasteiger partial charge in [-0.2, -0.15) is 0 Å². The van der Waals surface area contributed by atoms with Gasteiger partial charge in [0, 0.05) is 13.1 Å². The SMILES string of the molecule is CN(CC1CCNCC1)CC(C)(O)C(=O)O. The fourth-order valence-corrected chi connectivity index (χ4v) is 2.16. The van der Waals surface area contributed by atoms with Crippen LogP contribution in [0.15, 0.2) is 0 Å². The minimum Gasteiger partial charge on any atom is -0.479 e. The van der Waals surface area contributed by atoms with E-state index in [-0.39, 0.29) is 6.54 Å². The van der Waals surface area contributed by atoms with E-state index in [4.69, 9.17) is 5.11 Å². The number of hydrogen-bond acceptors (Lipinski definition) is 4. The molecule has 0 aromatic heterocycles. The summed E-state index contributed by atoms with van der Waals surface area (Å²) in [7, 11) is 1.86. The van der Waals surface area contributed by atoms with Crippen molar-refractivity contribution >= 4 is 5.97 Å². The van der Waals surface area contributed by atoms with Crippen molar-refractivity contribution in [3.8, 4) is 0 Å². The highest BCUT2D eigenvalue weighted by Gasteiger charge is 2.31. The maximum atomic E-state index is 10.8. The predicted octanol–water partition coefficient (Wildman–Crippen LogP) is -0.247. The van der Waals surface area contributed by atoms with E-state index in [0.29, 0.717) is 5.92 Å². The Morgan fingerprint density at radius 3 is 2.56 bits per heavy atom. The van der Waals surface area contributed by atoms with Gasteiger partial charge in [0.2, 0.25) is 0 Å². The summed E-state index contributed by atoms with van der Waals surface area (Å²) in [5, 5.41) is 21.7. The predicted molar refractivity (Wildman–Crippen MR) is 61.4 cm³/mol. The van der Waals surface area contributed by atoms with E-state index < -0.39 is 11.6 Å². The summed E-state index contributed by atoms with van der Waals surface area (Å²) in [4.78, 5) is 12.7. The number of carboxylic acids is 1. The molecule has 0 bridgehead atoms. The molecule has 16 heavy (non-hydrogen) atoms. The maximum Gasteiger partial charge on any atom is 0.336 e. The summed E-state index contributed by atoms with van der Waals surface area (Å²) in [5.41, 5.74) is -1.65. The molecule has 3 N–H and O–H groups in total. The van der Waals surface area contributed by atoms with Gasteiger partial charge in [-0.3, -0.25) is 0 Å². The molecular weight excluding hydrogens is 208 g/mol. The normalized spacial score (nSPS) is 22.0. The number of aliphatic hydroxyl groups is 1. The molecule has 0 amide bonds. The van der Waals surface area contributed by atoms with E-state index in [9.17, 15) is 9.90 Å². The van der Waals surface area contributed by atoms with Crippen LogP contribution < -0.4 is 5.32 Å². The minimum absolute atomic E-state index is 0.173. The molecule has 1 atom stereocenters. The zero-order chi connectivity index (χ0) is 12.2. The van der Waals surface area contributed by atoms with Crippen molar-refractivity contribution in [3.05, 3.63) is 0 Å². The van der Waals surface area contributed by atoms with Crippen LogP contribution >= 0.6 is 0 Å². The van der Waals surface area contributed by atoms with Gasteiger partial charge in [-0.15, -0.1) is 0 Å². The fourth-order valence-electron chi connectivity index (χ4n) is 2.16. The third kappa shape index (κ3) is 4.08. The number of piperidine rings is 1. The molecule has 5 nitrogen and oxygen atoms in total. The average Bonchev–Trinajstić information content (AvgIpc) is 2.17. The molecule has 1 aliphatic rings. The zero-order valence-corrected chi connectivity index (χ0v) is 10.1. The average molecular weight is 230 g/mol. The Morgan fingerprint density at radius 1 is 1.50 bits per heavy atom. The molecule has 1 aliphatic heterocycles. The number of rotatable bonds is 5. The maximum absolute atomic E-state index is 10.8. The lowest BCUT2D eigenvalue weighted by atomic mass is 9.97. The van der Waals surface area contributed by atoms with Gasteiger partial charge in [-0.05, 0) is 45.8 Å². The molecule has 1 saturated heterocycles. The Balaban J connectivity index is 2.34. The standard InChI is InChI=1S/C11H22N2O3/c1-11(16,10(14)15)8-13(2)7-9-3-5-12-6-4-9/h9,12,16H,3-8H2,1-2H3,(H,14,15). The van der Waals surface area contributed by atoms with E-state index in [1.165, 1.54) is 6.92 Å². The first-order valence-corrected chi connectivity index (χ1v) is 5.77. The highest BCUT2D eigenvalue weighted by molar-refractivity contribution is 5.76. The number of hydrogen-bond donors (Lipinski definition) is 3. The molecule has 5 heteroatoms. The third-order valence-corrected chi connectivity index (χ3v) is 3.07. The number of nitrogens with zero attached hydrogens (tertiary/aromatic N) is 1. The zero-order valence-electron chi connectivity index (χ0n) is 10.1. The Bertz CT molecular complexity index is 237. The number of carbonyl (C=O) groups is 1. The van der Waals surface area contributed by atoms with Gasteiger partial charge in [0.25, 0.3) is 0 Å². The van der Waals surface area contributed by atoms with Gasteiger partial charge in [0.1, 0.15) is 0 Å². The second kappa shape index (κ2) is 5.61. The van der Waals surface area contributed by atoms with Gasteiger partial charge in [-0.1, -0.05) is 0 Å². The quantitative estimate of drug-likeness (QED) is 0.607. The second-order valence-electron chi connectivity index (χ2n) is 4.97. The monoisotopic (exact) mass is 230 g/mol. The van der Waals surface area contributed by atoms with E-state index in [0.717, 1.165) is 32.5 Å². The second-order valence-corrected chi connectivity index (χ2v) is 4.97. The van der Waals surface area contributed by atoms with Crippen LogP contribution in [0.2, 0.25) is 0 Å². The molecule has 1 unspecified atom stereocenters. The van der Waals surface area contributed by atoms with E-state index in [1.54, 1.807) is 0 Å². The number of aliphatic carboxylic acids is 1. The van der Waals surface area contributed by atoms with Crippen molar-refractivity contribution in [2.45, 2.75) is 25.4 Å². The Hall–Kier alpha value is -0.650. The summed E-state index contributed by atoms with van der Waals surface area (Å²) in [6.07, 6.45) is 2.25. The van der Waals surface area contributed by atoms with Crippen molar-refractivity contribution in [3.63, 3.8) is 0 Å². The Labute approximate surface area is 96.4 Å². The fraction of sp³-hybridized carbons (Fsp3) is 0.909. The van der Waals surface area contributed by atoms with Crippen LogP contribution in [0.4, 0.5) is 0 Å². The molecule has 0 aliphatic carbocycles. The van der Waals surface area contributed by atoms with Crippen LogP contribution in [0.3, 0.4) is 0 Å². The van der Waals surface area contributed by atoms with Crippen molar-refractivity contribution in [1.29, 1.82) is 0 Å². The van der Waals surface area contributed by atoms with Crippen molar-refractivity contribution < 1.29 is 15.0 Å². The molecule has 0 aromatic carbocycles. The first kappa shape index (κ1) is 13.4. The molecule has 0 aromatic rings. The highest BCUT2D eigenvalue weighted by Crippen LogP contribution is 2.14. The van der Waals surface area contributed by atoms with Crippen molar-refractivity contribution in [1.82, 2.24) is 10.2 Å². The minimum atomic E-state index is -1.65. The lowest BCUT2D eigenvalue weighted by molar-refractivity contribution is -0.158. The molecule has 0 saturated carbocycles. The van der Waals surface area contributed by atoms with E-state index >= 15 is 0 Å². The molecule has 1 heterocycles. The van der Waals surface area contributed by atoms with Gasteiger partial charge in [0.05, 0.1) is 0 Å². The van der Waals surface area contributed by atoms with E-state index in [1.807, 2.05) is 11.9 Å². The summed E-state index contributed by atoms with van der Waals surface area (Å²) in [5.74, 6) is -0.555. The van der Waals surface area contributed by atoms with Gasteiger partial charge in [0.15, 0.2) is 5.60 Å². The van der Waals surface area contributed by atoms with Crippen LogP contribution in [0.5, 0.6) is 0 Å². The lowest BCUT2D eigenvalue weighted by Gasteiger charge is -2.30. The smallest absolute Gasteiger partial charge is 0.336 e. The van der Waals surface area contributed by atoms with Crippen LogP contribution in [-0.4, -0.2) is 59.9 Å². The Morgan fingerprint density at radius 2 is 2.06 bits per heavy atom. The summed E-state index contributed by atoms with van der Waals surface area (Å²) in [6, 6.07) is 0. The van der Waals surface area contributed by atoms with Crippen LogP contribution in [0.25, 0.3) is 0 Å². The summed E-state index contributed by atoms with van der Waals surface area (Å²) in [6.45, 7) is 4.44. The molecule has 1 rings (SSSR count). The van der Waals surface area contributed by atoms with Gasteiger partial charge < -0.3 is 20.4 Å². The molecule has 0 radical (unpaired) electrons. The Kier molecular flexibility index (Phi) is 4.70. The topological polar surface area (TPSA) is 72.8 Å². The largest absolute Gasteiger partial charge is 0.479 e. The third-order valence-electron chi connectivity index (χ3n) is 3.07. The van der Waals surface area contributed by atoms with Crippen molar-refractivity contribution in [2.24, 2.45) is 5.92 Å². The molecule has 94 valence electrons. The van der Waals surface area contributed by atoms with Gasteiger partial charge in [-0.25, -0.2) is 4.79 Å². The molecule has 0 spiro atoms. The van der Waals surface area contributed by atoms with Gasteiger partial charge >= 0.3 is 5.97 Å². The van der Waals surface area contributed by atoms with E-state index in [2.05, 4.69) is 5.32 Å². The molecule has 1 fully saturated rings. The molecular formula is C11H22N2O3. The number of nitrogens with one attached hydrogen (secondary N) is 1. The van der Waals surface area contributed by atoms with Crippen LogP contribution in [0.1, 0.15) is 19.8 Å². The first-order valence-electron chi connectivity index (χ1n) is 5.77. The van der Waals surface area contributed by atoms with Crippen LogP contribution in [-0.2, 0) is 4.79 Å². The number of carboxylic acid groups (broad SMARTS) is 1. The summed E-state index contributed by atoms with van der Waals surface area (Å²) < 4.78 is 0.